The van der Waals surface area contributed by atoms with E-state index < -0.39 is 29.8 Å². The quantitative estimate of drug-likeness (QED) is 0.561. The number of allylic oxidation sites excluding steroid dienone is 3. The third kappa shape index (κ3) is 5.45. The maximum atomic E-state index is 15.1. The second-order valence-electron chi connectivity index (χ2n) is 9.39. The molecule has 4 nitrogen and oxygen atoms in total. The van der Waals surface area contributed by atoms with E-state index in [9.17, 15) is 18.0 Å². The van der Waals surface area contributed by atoms with Crippen molar-refractivity contribution in [3.8, 4) is 0 Å². The van der Waals surface area contributed by atoms with Gasteiger partial charge in [0.25, 0.3) is 0 Å². The molecule has 0 radical (unpaired) electrons. The minimum Gasteiger partial charge on any atom is -0.444 e. The fourth-order valence-corrected chi connectivity index (χ4v) is 3.99. The molecular formula is C24H30F4N2O2. The van der Waals surface area contributed by atoms with E-state index >= 15 is 4.39 Å². The van der Waals surface area contributed by atoms with E-state index in [1.54, 1.807) is 11.0 Å². The number of carbonyl (C=O) groups excluding carboxylic acids is 1. The molecule has 1 saturated heterocycles. The molecule has 1 fully saturated rings. The summed E-state index contributed by atoms with van der Waals surface area (Å²) < 4.78 is 62.4. The number of hydrogen-bond donors (Lipinski definition) is 1. The monoisotopic (exact) mass is 454 g/mol. The van der Waals surface area contributed by atoms with Crippen molar-refractivity contribution in [2.45, 2.75) is 64.0 Å². The second-order valence-corrected chi connectivity index (χ2v) is 9.39. The molecule has 1 aromatic rings. The summed E-state index contributed by atoms with van der Waals surface area (Å²) in [6.07, 6.45) is -2.80. The van der Waals surface area contributed by atoms with Crippen LogP contribution in [0.5, 0.6) is 0 Å². The number of alkyl halides is 4. The van der Waals surface area contributed by atoms with Crippen LogP contribution in [0.3, 0.4) is 0 Å². The van der Waals surface area contributed by atoms with Gasteiger partial charge in [-0.3, -0.25) is 0 Å². The van der Waals surface area contributed by atoms with Crippen LogP contribution in [-0.4, -0.2) is 41.9 Å². The predicted molar refractivity (Wildman–Crippen MR) is 115 cm³/mol. The summed E-state index contributed by atoms with van der Waals surface area (Å²) in [6.45, 7) is 6.42. The molecule has 2 unspecified atom stereocenters. The van der Waals surface area contributed by atoms with Gasteiger partial charge in [-0.25, -0.2) is 9.18 Å². The van der Waals surface area contributed by atoms with E-state index in [0.717, 1.165) is 6.08 Å². The molecule has 1 aliphatic carbocycles. The normalized spacial score (nSPS) is 23.5. The van der Waals surface area contributed by atoms with Crippen LogP contribution in [0.25, 0.3) is 0 Å². The molecule has 0 spiro atoms. The third-order valence-corrected chi connectivity index (χ3v) is 5.81. The number of nitrogens with zero attached hydrogens (tertiary/aromatic N) is 1. The fourth-order valence-electron chi connectivity index (χ4n) is 3.99. The van der Waals surface area contributed by atoms with Crippen LogP contribution < -0.4 is 5.32 Å². The first kappa shape index (κ1) is 24.1. The zero-order valence-electron chi connectivity index (χ0n) is 18.6. The molecule has 1 heterocycles. The SMILES string of the molecule is CC(C)(C)OC(=O)N1CCC(NC2=CCC(C(F)c3ccccc3)(C(F)(F)F)C=C2)CC1. The molecule has 1 aliphatic heterocycles. The Bertz CT molecular complexity index is 853. The fraction of sp³-hybridized carbons (Fsp3) is 0.542. The summed E-state index contributed by atoms with van der Waals surface area (Å²) in [5.41, 5.74) is -2.61. The van der Waals surface area contributed by atoms with Crippen LogP contribution in [0, 0.1) is 5.41 Å². The van der Waals surface area contributed by atoms with Crippen molar-refractivity contribution < 1.29 is 27.1 Å². The number of ether oxygens (including phenoxy) is 1. The molecule has 2 aliphatic rings. The number of likely N-dealkylation sites (tertiary alicyclic amines) is 1. The highest BCUT2D eigenvalue weighted by atomic mass is 19.4. The van der Waals surface area contributed by atoms with Gasteiger partial charge >= 0.3 is 12.3 Å². The molecule has 176 valence electrons. The van der Waals surface area contributed by atoms with Gasteiger partial charge in [0.05, 0.1) is 0 Å². The molecule has 32 heavy (non-hydrogen) atoms. The van der Waals surface area contributed by atoms with Gasteiger partial charge in [-0.1, -0.05) is 42.5 Å². The summed E-state index contributed by atoms with van der Waals surface area (Å²) in [4.78, 5) is 13.8. The molecule has 3 rings (SSSR count). The zero-order valence-corrected chi connectivity index (χ0v) is 18.6. The number of halogens is 4. The Kier molecular flexibility index (Phi) is 6.91. The minimum absolute atomic E-state index is 0.00815. The molecular weight excluding hydrogens is 424 g/mol. The van der Waals surface area contributed by atoms with Gasteiger partial charge in [0.1, 0.15) is 17.2 Å². The first-order valence-electron chi connectivity index (χ1n) is 10.8. The standard InChI is InChI=1S/C24H30F4N2O2/c1-22(2,3)32-21(31)30-15-11-19(12-16-30)29-18-9-13-23(14-10-18,24(26,27)28)20(25)17-7-5-4-6-8-17/h4-10,13,19-20,29H,11-12,14-16H2,1-3H3. The Morgan fingerprint density at radius 2 is 1.78 bits per heavy atom. The van der Waals surface area contributed by atoms with Crippen LogP contribution in [0.1, 0.15) is 51.8 Å². The lowest BCUT2D eigenvalue weighted by molar-refractivity contribution is -0.226. The Balaban J connectivity index is 1.61. The van der Waals surface area contributed by atoms with E-state index in [-0.39, 0.29) is 17.7 Å². The Morgan fingerprint density at radius 1 is 1.16 bits per heavy atom. The summed E-state index contributed by atoms with van der Waals surface area (Å²) in [7, 11) is 0. The number of hydrogen-bond acceptors (Lipinski definition) is 3. The van der Waals surface area contributed by atoms with Gasteiger partial charge < -0.3 is 15.0 Å². The highest BCUT2D eigenvalue weighted by Gasteiger charge is 2.58. The van der Waals surface area contributed by atoms with Crippen molar-refractivity contribution in [1.82, 2.24) is 10.2 Å². The van der Waals surface area contributed by atoms with Gasteiger partial charge in [-0.15, -0.1) is 0 Å². The molecule has 0 aromatic heterocycles. The first-order chi connectivity index (χ1) is 14.9. The van der Waals surface area contributed by atoms with Gasteiger partial charge in [0, 0.05) is 24.8 Å². The van der Waals surface area contributed by atoms with Gasteiger partial charge in [-0.2, -0.15) is 13.2 Å². The van der Waals surface area contributed by atoms with Gasteiger partial charge in [-0.05, 0) is 51.7 Å². The summed E-state index contributed by atoms with van der Waals surface area (Å²) in [5, 5.41) is 3.24. The van der Waals surface area contributed by atoms with Crippen molar-refractivity contribution in [2.75, 3.05) is 13.1 Å². The number of piperidine rings is 1. The lowest BCUT2D eigenvalue weighted by Crippen LogP contribution is -2.46. The number of amides is 1. The summed E-state index contributed by atoms with van der Waals surface area (Å²) >= 11 is 0. The number of carbonyl (C=O) groups is 1. The topological polar surface area (TPSA) is 41.6 Å². The van der Waals surface area contributed by atoms with Crippen molar-refractivity contribution in [2.24, 2.45) is 5.41 Å². The molecule has 8 heteroatoms. The highest BCUT2D eigenvalue weighted by molar-refractivity contribution is 5.68. The van der Waals surface area contributed by atoms with Crippen LogP contribution in [0.15, 0.2) is 54.3 Å². The van der Waals surface area contributed by atoms with Gasteiger partial charge in [0.2, 0.25) is 0 Å². The van der Waals surface area contributed by atoms with Crippen LogP contribution in [0.4, 0.5) is 22.4 Å². The van der Waals surface area contributed by atoms with Crippen molar-refractivity contribution in [1.29, 1.82) is 0 Å². The van der Waals surface area contributed by atoms with Crippen molar-refractivity contribution in [3.05, 3.63) is 59.8 Å². The molecule has 1 N–H and O–H groups in total. The molecule has 1 aromatic carbocycles. The van der Waals surface area contributed by atoms with E-state index in [1.807, 2.05) is 20.8 Å². The molecule has 0 saturated carbocycles. The predicted octanol–water partition coefficient (Wildman–Crippen LogP) is 6.08. The molecule has 2 atom stereocenters. The lowest BCUT2D eigenvalue weighted by atomic mass is 9.73. The average Bonchev–Trinajstić information content (AvgIpc) is 2.73. The summed E-state index contributed by atoms with van der Waals surface area (Å²) in [6, 6.07) is 7.47. The largest absolute Gasteiger partial charge is 0.444 e. The van der Waals surface area contributed by atoms with Crippen molar-refractivity contribution >= 4 is 6.09 Å². The Morgan fingerprint density at radius 3 is 2.28 bits per heavy atom. The second kappa shape index (κ2) is 9.16. The third-order valence-electron chi connectivity index (χ3n) is 5.81. The minimum atomic E-state index is -4.74. The molecule has 1 amide bonds. The van der Waals surface area contributed by atoms with Gasteiger partial charge in [0.15, 0.2) is 0 Å². The Hall–Kier alpha value is -2.51. The Labute approximate surface area is 186 Å². The number of benzene rings is 1. The van der Waals surface area contributed by atoms with Crippen LogP contribution in [0.2, 0.25) is 0 Å². The van der Waals surface area contributed by atoms with E-state index in [2.05, 4.69) is 5.32 Å². The van der Waals surface area contributed by atoms with Crippen molar-refractivity contribution in [3.63, 3.8) is 0 Å². The van der Waals surface area contributed by atoms with Crippen LogP contribution in [-0.2, 0) is 4.74 Å². The van der Waals surface area contributed by atoms with Crippen LogP contribution >= 0.6 is 0 Å². The first-order valence-corrected chi connectivity index (χ1v) is 10.8. The van der Waals surface area contributed by atoms with E-state index in [4.69, 9.17) is 4.74 Å². The smallest absolute Gasteiger partial charge is 0.410 e. The van der Waals surface area contributed by atoms with E-state index in [0.29, 0.717) is 31.6 Å². The summed E-state index contributed by atoms with van der Waals surface area (Å²) in [5.74, 6) is 0. The maximum Gasteiger partial charge on any atom is 0.410 e. The lowest BCUT2D eigenvalue weighted by Gasteiger charge is -2.38. The number of rotatable bonds is 4. The molecule has 0 bridgehead atoms. The number of nitrogens with one attached hydrogen (secondary N) is 1. The zero-order chi connectivity index (χ0) is 23.6. The highest BCUT2D eigenvalue weighted by Crippen LogP contribution is 2.54. The average molecular weight is 455 g/mol. The van der Waals surface area contributed by atoms with E-state index in [1.165, 1.54) is 36.4 Å². The maximum absolute atomic E-state index is 15.1.